The van der Waals surface area contributed by atoms with Crippen molar-refractivity contribution in [3.05, 3.63) is 47.1 Å². The molecule has 2 atom stereocenters. The van der Waals surface area contributed by atoms with Gasteiger partial charge in [-0.05, 0) is 30.4 Å². The van der Waals surface area contributed by atoms with E-state index in [0.29, 0.717) is 11.8 Å². The molecule has 1 heteroatoms. The Morgan fingerprint density at radius 1 is 1.29 bits per heavy atom. The third-order valence-electron chi connectivity index (χ3n) is 3.01. The molecule has 0 aliphatic heterocycles. The van der Waals surface area contributed by atoms with E-state index in [0.717, 1.165) is 11.5 Å². The Morgan fingerprint density at radius 3 is 3.00 bits per heavy atom. The molecular formula is C13H15Cl. The first-order chi connectivity index (χ1) is 6.79. The molecule has 0 nitrogen and oxygen atoms in total. The molecule has 0 spiro atoms. The smallest absolute Gasteiger partial charge is 0.0440 e. The molecule has 0 saturated heterocycles. The quantitative estimate of drug-likeness (QED) is 0.557. The molecule has 2 aliphatic carbocycles. The summed E-state index contributed by atoms with van der Waals surface area (Å²) in [4.78, 5) is 0. The normalized spacial score (nSPS) is 38.7. The van der Waals surface area contributed by atoms with Crippen molar-refractivity contribution in [2.24, 2.45) is 11.8 Å². The molecule has 0 fully saturated rings. The topological polar surface area (TPSA) is 0 Å². The van der Waals surface area contributed by atoms with Gasteiger partial charge in [-0.2, -0.15) is 0 Å². The summed E-state index contributed by atoms with van der Waals surface area (Å²) in [6, 6.07) is 0. The molecule has 0 aromatic heterocycles. The summed E-state index contributed by atoms with van der Waals surface area (Å²) < 4.78 is 0. The van der Waals surface area contributed by atoms with Crippen LogP contribution < -0.4 is 0 Å². The maximum absolute atomic E-state index is 6.24. The summed E-state index contributed by atoms with van der Waals surface area (Å²) in [5.74, 6) is 1.20. The van der Waals surface area contributed by atoms with Gasteiger partial charge in [0.05, 0.1) is 0 Å². The van der Waals surface area contributed by atoms with E-state index in [4.69, 9.17) is 11.6 Å². The lowest BCUT2D eigenvalue weighted by Crippen LogP contribution is -2.14. The van der Waals surface area contributed by atoms with E-state index in [1.165, 1.54) is 12.0 Å². The van der Waals surface area contributed by atoms with Crippen molar-refractivity contribution in [2.75, 3.05) is 0 Å². The second kappa shape index (κ2) is 4.18. The van der Waals surface area contributed by atoms with Gasteiger partial charge in [-0.15, -0.1) is 0 Å². The van der Waals surface area contributed by atoms with Gasteiger partial charge in [0.2, 0.25) is 0 Å². The largest absolute Gasteiger partial charge is 0.0840 e. The SMILES string of the molecule is CC1CC/C=C\C(Cl)=C2\C=CC=CC21. The van der Waals surface area contributed by atoms with Crippen molar-refractivity contribution >= 4 is 11.6 Å². The second-order valence-corrected chi connectivity index (χ2v) is 4.44. The van der Waals surface area contributed by atoms with Gasteiger partial charge in [0.15, 0.2) is 0 Å². The fourth-order valence-corrected chi connectivity index (χ4v) is 2.39. The zero-order valence-electron chi connectivity index (χ0n) is 8.41. The van der Waals surface area contributed by atoms with E-state index in [1.54, 1.807) is 0 Å². The van der Waals surface area contributed by atoms with Crippen LogP contribution in [0.4, 0.5) is 0 Å². The molecule has 2 unspecified atom stereocenters. The summed E-state index contributed by atoms with van der Waals surface area (Å²) in [5.41, 5.74) is 1.28. The van der Waals surface area contributed by atoms with Crippen LogP contribution in [0.1, 0.15) is 19.8 Å². The molecule has 2 rings (SSSR count). The molecule has 0 heterocycles. The zero-order valence-corrected chi connectivity index (χ0v) is 9.17. The first-order valence-electron chi connectivity index (χ1n) is 5.20. The van der Waals surface area contributed by atoms with Crippen LogP contribution in [0, 0.1) is 11.8 Å². The van der Waals surface area contributed by atoms with Crippen molar-refractivity contribution in [1.29, 1.82) is 0 Å². The van der Waals surface area contributed by atoms with E-state index in [2.05, 4.69) is 37.3 Å². The van der Waals surface area contributed by atoms with E-state index in [1.807, 2.05) is 6.08 Å². The lowest BCUT2D eigenvalue weighted by Gasteiger charge is -2.25. The van der Waals surface area contributed by atoms with Gasteiger partial charge in [-0.1, -0.05) is 48.9 Å². The second-order valence-electron chi connectivity index (χ2n) is 4.03. The van der Waals surface area contributed by atoms with E-state index in [-0.39, 0.29) is 0 Å². The van der Waals surface area contributed by atoms with E-state index >= 15 is 0 Å². The Kier molecular flexibility index (Phi) is 2.93. The third-order valence-corrected chi connectivity index (χ3v) is 3.35. The standard InChI is InChI=1S/C13H15Cl/c1-10-6-2-5-9-13(14)12-8-4-3-7-11(10)12/h3-5,7-11H,2,6H2,1H3/b9-5-,13-12+. The molecular weight excluding hydrogens is 192 g/mol. The molecule has 14 heavy (non-hydrogen) atoms. The van der Waals surface area contributed by atoms with Crippen molar-refractivity contribution in [3.8, 4) is 0 Å². The number of fused-ring (bicyclic) bond motifs is 1. The predicted molar refractivity (Wildman–Crippen MR) is 62.2 cm³/mol. The van der Waals surface area contributed by atoms with Crippen molar-refractivity contribution < 1.29 is 0 Å². The Balaban J connectivity index is 2.40. The monoisotopic (exact) mass is 206 g/mol. The Hall–Kier alpha value is -0.750. The van der Waals surface area contributed by atoms with Gasteiger partial charge in [0, 0.05) is 11.0 Å². The van der Waals surface area contributed by atoms with Crippen LogP contribution in [0.15, 0.2) is 47.1 Å². The summed E-state index contributed by atoms with van der Waals surface area (Å²) >= 11 is 6.24. The van der Waals surface area contributed by atoms with Crippen molar-refractivity contribution in [2.45, 2.75) is 19.8 Å². The van der Waals surface area contributed by atoms with Crippen LogP contribution in [-0.4, -0.2) is 0 Å². The average Bonchev–Trinajstić information content (AvgIpc) is 2.22. The summed E-state index contributed by atoms with van der Waals surface area (Å²) in [6.07, 6.45) is 15.2. The molecule has 0 aromatic carbocycles. The highest BCUT2D eigenvalue weighted by Gasteiger charge is 2.21. The highest BCUT2D eigenvalue weighted by Crippen LogP contribution is 2.34. The minimum absolute atomic E-state index is 0.512. The maximum Gasteiger partial charge on any atom is 0.0440 e. The number of allylic oxidation sites excluding steroid dienone is 8. The van der Waals surface area contributed by atoms with Gasteiger partial charge in [-0.25, -0.2) is 0 Å². The number of hydrogen-bond acceptors (Lipinski definition) is 0. The summed E-state index contributed by atoms with van der Waals surface area (Å²) in [7, 11) is 0. The minimum Gasteiger partial charge on any atom is -0.0840 e. The minimum atomic E-state index is 0.512. The summed E-state index contributed by atoms with van der Waals surface area (Å²) in [5, 5.41) is 0.905. The number of hydrogen-bond donors (Lipinski definition) is 0. The molecule has 0 N–H and O–H groups in total. The molecule has 0 aromatic rings. The molecule has 0 radical (unpaired) electrons. The van der Waals surface area contributed by atoms with Crippen LogP contribution in [0.2, 0.25) is 0 Å². The van der Waals surface area contributed by atoms with Gasteiger partial charge in [0.25, 0.3) is 0 Å². The fourth-order valence-electron chi connectivity index (χ4n) is 2.11. The van der Waals surface area contributed by atoms with Gasteiger partial charge < -0.3 is 0 Å². The van der Waals surface area contributed by atoms with Crippen LogP contribution in [-0.2, 0) is 0 Å². The van der Waals surface area contributed by atoms with Crippen LogP contribution in [0.3, 0.4) is 0 Å². The van der Waals surface area contributed by atoms with Crippen LogP contribution in [0.25, 0.3) is 0 Å². The van der Waals surface area contributed by atoms with E-state index in [9.17, 15) is 0 Å². The van der Waals surface area contributed by atoms with Gasteiger partial charge in [-0.3, -0.25) is 0 Å². The first kappa shape index (κ1) is 9.79. The van der Waals surface area contributed by atoms with Crippen molar-refractivity contribution in [3.63, 3.8) is 0 Å². The lowest BCUT2D eigenvalue weighted by atomic mass is 9.80. The Morgan fingerprint density at radius 2 is 2.14 bits per heavy atom. The fraction of sp³-hybridized carbons (Fsp3) is 0.385. The van der Waals surface area contributed by atoms with Gasteiger partial charge >= 0.3 is 0 Å². The molecule has 0 bridgehead atoms. The Bertz CT molecular complexity index is 331. The molecule has 2 aliphatic rings. The number of rotatable bonds is 0. The lowest BCUT2D eigenvalue weighted by molar-refractivity contribution is 0.450. The van der Waals surface area contributed by atoms with Crippen molar-refractivity contribution in [1.82, 2.24) is 0 Å². The highest BCUT2D eigenvalue weighted by molar-refractivity contribution is 6.31. The Labute approximate surface area is 90.7 Å². The molecule has 74 valence electrons. The average molecular weight is 207 g/mol. The highest BCUT2D eigenvalue weighted by atomic mass is 35.5. The predicted octanol–water partition coefficient (Wildman–Crippen LogP) is 4.21. The van der Waals surface area contributed by atoms with Crippen LogP contribution in [0.5, 0.6) is 0 Å². The zero-order chi connectivity index (χ0) is 9.97. The maximum atomic E-state index is 6.24. The van der Waals surface area contributed by atoms with E-state index < -0.39 is 0 Å². The number of halogens is 1. The van der Waals surface area contributed by atoms with Crippen LogP contribution >= 0.6 is 11.6 Å². The first-order valence-corrected chi connectivity index (χ1v) is 5.58. The third kappa shape index (κ3) is 1.85. The molecule has 0 saturated carbocycles. The van der Waals surface area contributed by atoms with Gasteiger partial charge in [0.1, 0.15) is 0 Å². The summed E-state index contributed by atoms with van der Waals surface area (Å²) in [6.45, 7) is 2.30. The molecule has 0 amide bonds.